The van der Waals surface area contributed by atoms with Gasteiger partial charge in [0, 0.05) is 12.6 Å². The van der Waals surface area contributed by atoms with Gasteiger partial charge in [-0.2, -0.15) is 13.2 Å². The van der Waals surface area contributed by atoms with Crippen molar-refractivity contribution in [1.29, 1.82) is 0 Å². The molecule has 0 heterocycles. The van der Waals surface area contributed by atoms with E-state index in [1.165, 1.54) is 6.92 Å². The highest BCUT2D eigenvalue weighted by Gasteiger charge is 2.39. The van der Waals surface area contributed by atoms with Gasteiger partial charge in [0.1, 0.15) is 0 Å². The molecule has 78 valence electrons. The summed E-state index contributed by atoms with van der Waals surface area (Å²) in [7, 11) is 0. The van der Waals surface area contributed by atoms with Crippen LogP contribution in [0.25, 0.3) is 0 Å². The van der Waals surface area contributed by atoms with Crippen molar-refractivity contribution in [3.05, 3.63) is 0 Å². The predicted molar refractivity (Wildman–Crippen MR) is 40.2 cm³/mol. The van der Waals surface area contributed by atoms with E-state index in [4.69, 9.17) is 4.74 Å². The van der Waals surface area contributed by atoms with Gasteiger partial charge in [0.15, 0.2) is 0 Å². The van der Waals surface area contributed by atoms with Crippen LogP contribution in [0.3, 0.4) is 0 Å². The fraction of sp³-hybridized carbons (Fsp3) is 0.857. The van der Waals surface area contributed by atoms with Crippen LogP contribution in [0.15, 0.2) is 0 Å². The molecule has 0 spiro atoms. The molecule has 13 heavy (non-hydrogen) atoms. The Balaban J connectivity index is 3.79. The van der Waals surface area contributed by atoms with E-state index in [0.29, 0.717) is 6.61 Å². The number of carbonyl (C=O) groups is 1. The molecule has 1 unspecified atom stereocenters. The molecular formula is C7H12F3NO2. The van der Waals surface area contributed by atoms with Gasteiger partial charge in [0.25, 0.3) is 0 Å². The van der Waals surface area contributed by atoms with Crippen LogP contribution in [0.5, 0.6) is 0 Å². The summed E-state index contributed by atoms with van der Waals surface area (Å²) in [5, 5.41) is 1.77. The summed E-state index contributed by atoms with van der Waals surface area (Å²) in [6.45, 7) is 3.65. The third-order valence-corrected chi connectivity index (χ3v) is 1.21. The average Bonchev–Trinajstić information content (AvgIpc) is 1.99. The monoisotopic (exact) mass is 199 g/mol. The number of amides is 1. The summed E-state index contributed by atoms with van der Waals surface area (Å²) in [6, 6.07) is -0.630. The van der Waals surface area contributed by atoms with Crippen LogP contribution < -0.4 is 5.32 Å². The number of halogens is 3. The average molecular weight is 199 g/mol. The molecule has 0 aliphatic rings. The lowest BCUT2D eigenvalue weighted by Gasteiger charge is -2.14. The maximum atomic E-state index is 11.7. The van der Waals surface area contributed by atoms with Crippen molar-refractivity contribution in [2.75, 3.05) is 13.2 Å². The van der Waals surface area contributed by atoms with Crippen LogP contribution in [-0.4, -0.2) is 31.3 Å². The van der Waals surface area contributed by atoms with Crippen molar-refractivity contribution in [2.45, 2.75) is 26.1 Å². The first kappa shape index (κ1) is 12.2. The van der Waals surface area contributed by atoms with E-state index >= 15 is 0 Å². The Morgan fingerprint density at radius 2 is 2.08 bits per heavy atom. The topological polar surface area (TPSA) is 38.3 Å². The Kier molecular flexibility index (Phi) is 4.76. The quantitative estimate of drug-likeness (QED) is 0.736. The van der Waals surface area contributed by atoms with Crippen molar-refractivity contribution < 1.29 is 22.7 Å². The molecule has 0 aromatic carbocycles. The molecule has 0 bridgehead atoms. The van der Waals surface area contributed by atoms with Crippen molar-refractivity contribution in [2.24, 2.45) is 0 Å². The summed E-state index contributed by atoms with van der Waals surface area (Å²) in [4.78, 5) is 10.3. The highest BCUT2D eigenvalue weighted by molar-refractivity contribution is 5.81. The first-order valence-corrected chi connectivity index (χ1v) is 3.83. The molecule has 0 aliphatic heterocycles. The van der Waals surface area contributed by atoms with Gasteiger partial charge >= 0.3 is 12.1 Å². The minimum Gasteiger partial charge on any atom is -0.380 e. The molecule has 1 atom stereocenters. The number of nitrogens with one attached hydrogen (secondary N) is 1. The SMILES string of the molecule is CCOCC(C)NC(=O)C(F)(F)F. The number of hydrogen-bond donors (Lipinski definition) is 1. The Labute approximate surface area is 74.3 Å². The number of ether oxygens (including phenoxy) is 1. The molecule has 0 aliphatic carbocycles. The first-order chi connectivity index (χ1) is 5.88. The zero-order valence-corrected chi connectivity index (χ0v) is 7.44. The van der Waals surface area contributed by atoms with E-state index in [0.717, 1.165) is 0 Å². The summed E-state index contributed by atoms with van der Waals surface area (Å²) in [6.07, 6.45) is -4.82. The van der Waals surface area contributed by atoms with Gasteiger partial charge in [0.05, 0.1) is 6.61 Å². The van der Waals surface area contributed by atoms with E-state index < -0.39 is 18.1 Å². The normalized spacial score (nSPS) is 13.9. The standard InChI is InChI=1S/C7H12F3NO2/c1-3-13-4-5(2)11-6(12)7(8,9)10/h5H,3-4H2,1-2H3,(H,11,12). The molecule has 0 aromatic heterocycles. The second-order valence-corrected chi connectivity index (χ2v) is 2.53. The van der Waals surface area contributed by atoms with E-state index in [9.17, 15) is 18.0 Å². The zero-order chi connectivity index (χ0) is 10.5. The minimum atomic E-state index is -4.82. The largest absolute Gasteiger partial charge is 0.471 e. The Hall–Kier alpha value is -0.780. The predicted octanol–water partition coefficient (Wildman–Crippen LogP) is 1.09. The number of rotatable bonds is 4. The maximum absolute atomic E-state index is 11.7. The molecular weight excluding hydrogens is 187 g/mol. The second-order valence-electron chi connectivity index (χ2n) is 2.53. The molecule has 0 radical (unpaired) electrons. The fourth-order valence-corrected chi connectivity index (χ4v) is 0.642. The van der Waals surface area contributed by atoms with Gasteiger partial charge in [-0.3, -0.25) is 4.79 Å². The Bertz CT molecular complexity index is 170. The van der Waals surface area contributed by atoms with E-state index in [1.54, 1.807) is 12.2 Å². The van der Waals surface area contributed by atoms with Crippen molar-refractivity contribution >= 4 is 5.91 Å². The van der Waals surface area contributed by atoms with Gasteiger partial charge in [0.2, 0.25) is 0 Å². The van der Waals surface area contributed by atoms with Gasteiger partial charge in [-0.15, -0.1) is 0 Å². The number of carbonyl (C=O) groups excluding carboxylic acids is 1. The first-order valence-electron chi connectivity index (χ1n) is 3.83. The lowest BCUT2D eigenvalue weighted by molar-refractivity contribution is -0.174. The molecule has 6 heteroatoms. The lowest BCUT2D eigenvalue weighted by atomic mass is 10.3. The van der Waals surface area contributed by atoms with Crippen LogP contribution in [0, 0.1) is 0 Å². The number of hydrogen-bond acceptors (Lipinski definition) is 2. The molecule has 1 N–H and O–H groups in total. The van der Waals surface area contributed by atoms with Crippen LogP contribution in [0.2, 0.25) is 0 Å². The van der Waals surface area contributed by atoms with Crippen molar-refractivity contribution in [3.63, 3.8) is 0 Å². The third kappa shape index (κ3) is 5.46. The van der Waals surface area contributed by atoms with Crippen LogP contribution in [-0.2, 0) is 9.53 Å². The summed E-state index contributed by atoms with van der Waals surface area (Å²) in [5.41, 5.74) is 0. The maximum Gasteiger partial charge on any atom is 0.471 e. The zero-order valence-electron chi connectivity index (χ0n) is 7.44. The van der Waals surface area contributed by atoms with Gasteiger partial charge in [-0.25, -0.2) is 0 Å². The highest BCUT2D eigenvalue weighted by Crippen LogP contribution is 2.14. The van der Waals surface area contributed by atoms with Crippen LogP contribution in [0.1, 0.15) is 13.8 Å². The van der Waals surface area contributed by atoms with Gasteiger partial charge < -0.3 is 10.1 Å². The molecule has 0 saturated carbocycles. The second kappa shape index (κ2) is 5.06. The lowest BCUT2D eigenvalue weighted by Crippen LogP contribution is -2.43. The highest BCUT2D eigenvalue weighted by atomic mass is 19.4. The van der Waals surface area contributed by atoms with Crippen molar-refractivity contribution in [3.8, 4) is 0 Å². The summed E-state index contributed by atoms with van der Waals surface area (Å²) < 4.78 is 39.9. The molecule has 0 saturated heterocycles. The Morgan fingerprint density at radius 3 is 2.46 bits per heavy atom. The molecule has 0 rings (SSSR count). The molecule has 0 aromatic rings. The van der Waals surface area contributed by atoms with E-state index in [1.807, 2.05) is 0 Å². The van der Waals surface area contributed by atoms with Gasteiger partial charge in [-0.1, -0.05) is 0 Å². The fourth-order valence-electron chi connectivity index (χ4n) is 0.642. The molecule has 0 fully saturated rings. The summed E-state index contributed by atoms with van der Waals surface area (Å²) >= 11 is 0. The van der Waals surface area contributed by atoms with Crippen LogP contribution in [0.4, 0.5) is 13.2 Å². The molecule has 1 amide bonds. The summed E-state index contributed by atoms with van der Waals surface area (Å²) in [5.74, 6) is -1.93. The van der Waals surface area contributed by atoms with Crippen LogP contribution >= 0.6 is 0 Å². The molecule has 3 nitrogen and oxygen atoms in total. The van der Waals surface area contributed by atoms with Gasteiger partial charge in [-0.05, 0) is 13.8 Å². The van der Waals surface area contributed by atoms with E-state index in [2.05, 4.69) is 0 Å². The van der Waals surface area contributed by atoms with E-state index in [-0.39, 0.29) is 6.61 Å². The smallest absolute Gasteiger partial charge is 0.380 e. The third-order valence-electron chi connectivity index (χ3n) is 1.21. The Morgan fingerprint density at radius 1 is 1.54 bits per heavy atom. The van der Waals surface area contributed by atoms with Crippen molar-refractivity contribution in [1.82, 2.24) is 5.32 Å². The minimum absolute atomic E-state index is 0.0817. The number of alkyl halides is 3.